The summed E-state index contributed by atoms with van der Waals surface area (Å²) in [5.74, 6) is 0. The fourth-order valence-corrected chi connectivity index (χ4v) is 10.6. The standard InChI is InChI=1S/C2H3F3O3P3S/c1-11(9-10-11)8-12(6,7)2(3,4)5/h1H3. The van der Waals surface area contributed by atoms with E-state index in [4.69, 9.17) is 0 Å². The largest absolute Gasteiger partial charge is 0.523 e. The number of alkyl halides is 3. The third-order valence-corrected chi connectivity index (χ3v) is 13.4. The van der Waals surface area contributed by atoms with E-state index >= 15 is 0 Å². The third-order valence-electron chi connectivity index (χ3n) is 0.864. The van der Waals surface area contributed by atoms with Crippen LogP contribution in [0.2, 0.25) is 0 Å². The fourth-order valence-electron chi connectivity index (χ4n) is 0.314. The van der Waals surface area contributed by atoms with Crippen molar-refractivity contribution in [3.63, 3.8) is 0 Å². The molecule has 0 fully saturated rings. The average Bonchev–Trinajstić information content (AvgIpc) is 2.42. The van der Waals surface area contributed by atoms with E-state index in [0.29, 0.717) is 15.1 Å². The zero-order valence-electron chi connectivity index (χ0n) is 5.61. The van der Waals surface area contributed by atoms with Crippen LogP contribution in [-0.4, -0.2) is 20.6 Å². The first-order valence-electron chi connectivity index (χ1n) is 2.50. The summed E-state index contributed by atoms with van der Waals surface area (Å²) >= 11 is 0. The molecule has 0 saturated carbocycles. The van der Waals surface area contributed by atoms with Crippen LogP contribution in [-0.2, 0) is 14.1 Å². The van der Waals surface area contributed by atoms with Crippen molar-refractivity contribution >= 4 is 32.1 Å². The molecule has 0 aromatic heterocycles. The molecule has 10 heteroatoms. The number of hydrogen-bond donors (Lipinski definition) is 0. The van der Waals surface area contributed by atoms with Gasteiger partial charge in [0.1, 0.15) is 6.87 Å². The maximum atomic E-state index is 11.7. The second-order valence-electron chi connectivity index (χ2n) is 1.99. The van der Waals surface area contributed by atoms with Gasteiger partial charge in [-0.2, -0.15) is 21.6 Å². The minimum atomic E-state index is -5.36. The summed E-state index contributed by atoms with van der Waals surface area (Å²) in [6, 6.07) is 0. The lowest BCUT2D eigenvalue weighted by Crippen LogP contribution is -2.23. The first-order chi connectivity index (χ1) is 5.16. The highest BCUT2D eigenvalue weighted by atomic mass is 32.8. The van der Waals surface area contributed by atoms with Gasteiger partial charge in [-0.1, -0.05) is 0 Å². The monoisotopic (exact) mass is 257 g/mol. The summed E-state index contributed by atoms with van der Waals surface area (Å²) < 4.78 is 59.9. The van der Waals surface area contributed by atoms with Crippen LogP contribution >= 0.6 is 22.0 Å². The Hall–Kier alpha value is 0.730. The van der Waals surface area contributed by atoms with Gasteiger partial charge in [0.05, 0.1) is 0 Å². The molecule has 1 radical (unpaired) electrons. The van der Waals surface area contributed by atoms with Crippen LogP contribution in [0.1, 0.15) is 0 Å². The van der Waals surface area contributed by atoms with E-state index in [1.54, 1.807) is 0 Å². The Morgan fingerprint density at radius 2 is 1.75 bits per heavy atom. The average molecular weight is 257 g/mol. The molecule has 1 rings (SSSR count). The lowest BCUT2D eigenvalue weighted by Gasteiger charge is -2.12. The van der Waals surface area contributed by atoms with Gasteiger partial charge in [-0.3, -0.25) is 0 Å². The van der Waals surface area contributed by atoms with Gasteiger partial charge < -0.3 is 0 Å². The van der Waals surface area contributed by atoms with Crippen molar-refractivity contribution in [3.05, 3.63) is 0 Å². The minimum absolute atomic E-state index is 0.654. The molecular formula is C2H3F3O3P3S. The fraction of sp³-hybridized carbons (Fsp3) is 1.00. The van der Waals surface area contributed by atoms with Gasteiger partial charge in [0.15, 0.2) is 0 Å². The van der Waals surface area contributed by atoms with Crippen molar-refractivity contribution in [1.82, 2.24) is 0 Å². The van der Waals surface area contributed by atoms with Crippen LogP contribution in [0.5, 0.6) is 0 Å². The maximum absolute atomic E-state index is 11.7. The first-order valence-corrected chi connectivity index (χ1v) is 9.97. The predicted octanol–water partition coefficient (Wildman–Crippen LogP) is 3.07. The highest BCUT2D eigenvalue weighted by Crippen LogP contribution is 2.98. The van der Waals surface area contributed by atoms with E-state index in [2.05, 4.69) is 3.97 Å². The van der Waals surface area contributed by atoms with Crippen molar-refractivity contribution in [3.8, 4) is 0 Å². The van der Waals surface area contributed by atoms with Crippen molar-refractivity contribution in [2.45, 2.75) is 5.51 Å². The summed E-state index contributed by atoms with van der Waals surface area (Å²) in [6.07, 6.45) is 0. The lowest BCUT2D eigenvalue weighted by atomic mass is 11.6. The summed E-state index contributed by atoms with van der Waals surface area (Å²) in [7, 11) is -4.05. The number of hydrogen-bond acceptors (Lipinski definition) is 3. The topological polar surface area (TPSA) is 43.4 Å². The Kier molecular flexibility index (Phi) is 2.58. The summed E-state index contributed by atoms with van der Waals surface area (Å²) in [4.78, 5) is 0. The SMILES string of the molecule is C[P]1(OS(=O)(=O)C(F)(F)F)P=P1. The van der Waals surface area contributed by atoms with Crippen molar-refractivity contribution in [2.75, 3.05) is 6.66 Å². The van der Waals surface area contributed by atoms with E-state index in [-0.39, 0.29) is 0 Å². The van der Waals surface area contributed by atoms with Gasteiger partial charge >= 0.3 is 15.6 Å². The van der Waals surface area contributed by atoms with E-state index in [0.717, 1.165) is 0 Å². The molecule has 1 heterocycles. The summed E-state index contributed by atoms with van der Waals surface area (Å²) in [6.45, 7) is -0.831. The number of halogens is 3. The summed E-state index contributed by atoms with van der Waals surface area (Å²) in [5, 5.41) is 0. The molecule has 71 valence electrons. The molecule has 0 unspecified atom stereocenters. The molecule has 0 bridgehead atoms. The smallest absolute Gasteiger partial charge is 0.229 e. The van der Waals surface area contributed by atoms with Crippen molar-refractivity contribution in [2.24, 2.45) is 0 Å². The van der Waals surface area contributed by atoms with Crippen LogP contribution in [0.15, 0.2) is 0 Å². The normalized spacial score (nSPS) is 31.7. The molecule has 1 aliphatic heterocycles. The molecule has 0 aromatic rings. The Morgan fingerprint density at radius 3 is 2.00 bits per heavy atom. The van der Waals surface area contributed by atoms with Gasteiger partial charge in [0.2, 0.25) is 0 Å². The van der Waals surface area contributed by atoms with Crippen LogP contribution in [0.4, 0.5) is 13.2 Å². The molecule has 0 aliphatic carbocycles. The second-order valence-corrected chi connectivity index (χ2v) is 15.8. The van der Waals surface area contributed by atoms with Gasteiger partial charge in [-0.05, 0) is 21.8 Å². The highest BCUT2D eigenvalue weighted by Gasteiger charge is 2.52. The highest BCUT2D eigenvalue weighted by molar-refractivity contribution is 8.86. The van der Waals surface area contributed by atoms with Crippen LogP contribution in [0, 0.1) is 0 Å². The predicted molar refractivity (Wildman–Crippen MR) is 42.7 cm³/mol. The molecule has 0 amide bonds. The van der Waals surface area contributed by atoms with Gasteiger partial charge in [0, 0.05) is 0 Å². The Morgan fingerprint density at radius 1 is 1.33 bits per heavy atom. The second kappa shape index (κ2) is 2.86. The van der Waals surface area contributed by atoms with Crippen LogP contribution < -0.4 is 0 Å². The Bertz CT molecular complexity index is 312. The third kappa shape index (κ3) is 2.36. The molecule has 0 saturated heterocycles. The molecule has 12 heavy (non-hydrogen) atoms. The molecule has 0 atom stereocenters. The first kappa shape index (κ1) is 10.8. The molecule has 0 aromatic carbocycles. The van der Waals surface area contributed by atoms with E-state index in [1.165, 1.54) is 6.66 Å². The maximum Gasteiger partial charge on any atom is 0.523 e. The van der Waals surface area contributed by atoms with Crippen LogP contribution in [0.25, 0.3) is 0 Å². The zero-order valence-corrected chi connectivity index (χ0v) is 9.11. The van der Waals surface area contributed by atoms with Gasteiger partial charge in [-0.25, -0.2) is 3.97 Å². The quantitative estimate of drug-likeness (QED) is 0.564. The van der Waals surface area contributed by atoms with Crippen LogP contribution in [0.3, 0.4) is 0 Å². The summed E-state index contributed by atoms with van der Waals surface area (Å²) in [5.41, 5.74) is -5.29. The van der Waals surface area contributed by atoms with Crippen molar-refractivity contribution in [1.29, 1.82) is 0 Å². The molecule has 0 spiro atoms. The Balaban J connectivity index is 2.75. The molecule has 1 aliphatic rings. The molecule has 0 N–H and O–H groups in total. The van der Waals surface area contributed by atoms with Gasteiger partial charge in [0.25, 0.3) is 0 Å². The molecular weight excluding hydrogens is 254 g/mol. The van der Waals surface area contributed by atoms with Crippen molar-refractivity contribution < 1.29 is 25.6 Å². The Labute approximate surface area is 70.4 Å². The lowest BCUT2D eigenvalue weighted by molar-refractivity contribution is -0.0496. The van der Waals surface area contributed by atoms with E-state index in [9.17, 15) is 21.6 Å². The zero-order chi connectivity index (χ0) is 9.62. The van der Waals surface area contributed by atoms with Gasteiger partial charge in [-0.15, -0.1) is 0 Å². The minimum Gasteiger partial charge on any atom is -0.229 e. The van der Waals surface area contributed by atoms with E-state index < -0.39 is 22.5 Å². The van der Waals surface area contributed by atoms with E-state index in [1.807, 2.05) is 0 Å². The molecule has 3 nitrogen and oxygen atoms in total. The number of rotatable bonds is 2.